The van der Waals surface area contributed by atoms with Crippen LogP contribution in [0.2, 0.25) is 0 Å². The molecular weight excluding hydrogens is 466 g/mol. The van der Waals surface area contributed by atoms with Gasteiger partial charge in [0.05, 0.1) is 12.2 Å². The van der Waals surface area contributed by atoms with Crippen molar-refractivity contribution in [2.45, 2.75) is 46.6 Å². The zero-order valence-corrected chi connectivity index (χ0v) is 21.0. The van der Waals surface area contributed by atoms with Crippen LogP contribution in [0.1, 0.15) is 53.6 Å². The molecule has 0 aliphatic rings. The fourth-order valence-electron chi connectivity index (χ4n) is 3.29. The molecule has 0 saturated carbocycles. The van der Waals surface area contributed by atoms with Gasteiger partial charge in [0.25, 0.3) is 5.91 Å². The van der Waals surface area contributed by atoms with Gasteiger partial charge < -0.3 is 5.32 Å². The summed E-state index contributed by atoms with van der Waals surface area (Å²) in [6, 6.07) is 15.4. The van der Waals surface area contributed by atoms with E-state index in [9.17, 15) is 4.79 Å². The Morgan fingerprint density at radius 1 is 1.06 bits per heavy atom. The summed E-state index contributed by atoms with van der Waals surface area (Å²) in [5.41, 5.74) is 5.65. The molecule has 0 bridgehead atoms. The second-order valence-corrected chi connectivity index (χ2v) is 9.77. The maximum Gasteiger partial charge on any atom is 0.257 e. The van der Waals surface area contributed by atoms with Crippen LogP contribution in [0.3, 0.4) is 0 Å². The number of aromatic nitrogens is 2. The lowest BCUT2D eigenvalue weighted by atomic mass is 9.87. The first-order chi connectivity index (χ1) is 15.0. The molecular formula is C25H30BrN5O. The Morgan fingerprint density at radius 3 is 2.22 bits per heavy atom. The average Bonchev–Trinajstić information content (AvgIpc) is 2.98. The number of hydrogen-bond donors (Lipinski definition) is 2. The van der Waals surface area contributed by atoms with Crippen LogP contribution in [-0.2, 0) is 19.0 Å². The SMILES string of the molecule is Cc1nn(C)c(C)c1CN=C(NC(=O)c1ccc(C(C)(C)C)cc1)Nc1ccc(Br)cc1. The quantitative estimate of drug-likeness (QED) is 0.371. The maximum absolute atomic E-state index is 13.0. The zero-order chi connectivity index (χ0) is 23.5. The number of benzene rings is 2. The van der Waals surface area contributed by atoms with Gasteiger partial charge >= 0.3 is 0 Å². The smallest absolute Gasteiger partial charge is 0.257 e. The van der Waals surface area contributed by atoms with Crippen LogP contribution in [0.4, 0.5) is 5.69 Å². The van der Waals surface area contributed by atoms with Crippen LogP contribution in [0.15, 0.2) is 58.0 Å². The first kappa shape index (κ1) is 23.7. The number of aliphatic imine (C=N–C) groups is 1. The van der Waals surface area contributed by atoms with E-state index < -0.39 is 0 Å². The molecule has 3 aromatic rings. The molecule has 0 aliphatic carbocycles. The molecule has 0 unspecified atom stereocenters. The molecule has 7 heteroatoms. The summed E-state index contributed by atoms with van der Waals surface area (Å²) in [7, 11) is 1.92. The van der Waals surface area contributed by atoms with Crippen LogP contribution in [0.25, 0.3) is 0 Å². The van der Waals surface area contributed by atoms with E-state index in [2.05, 4.69) is 57.4 Å². The van der Waals surface area contributed by atoms with E-state index in [4.69, 9.17) is 0 Å². The van der Waals surface area contributed by atoms with E-state index in [1.54, 1.807) is 0 Å². The van der Waals surface area contributed by atoms with Gasteiger partial charge in [0.15, 0.2) is 0 Å². The van der Waals surface area contributed by atoms with Crippen molar-refractivity contribution in [1.29, 1.82) is 0 Å². The average molecular weight is 496 g/mol. The molecule has 1 amide bonds. The Balaban J connectivity index is 1.84. The van der Waals surface area contributed by atoms with E-state index in [1.807, 2.05) is 74.1 Å². The molecule has 0 radical (unpaired) electrons. The van der Waals surface area contributed by atoms with Crippen molar-refractivity contribution >= 4 is 33.5 Å². The van der Waals surface area contributed by atoms with Crippen LogP contribution < -0.4 is 10.6 Å². The molecule has 2 N–H and O–H groups in total. The highest BCUT2D eigenvalue weighted by atomic mass is 79.9. The van der Waals surface area contributed by atoms with Crippen molar-refractivity contribution in [1.82, 2.24) is 15.1 Å². The summed E-state index contributed by atoms with van der Waals surface area (Å²) in [4.78, 5) is 17.6. The topological polar surface area (TPSA) is 71.3 Å². The summed E-state index contributed by atoms with van der Waals surface area (Å²) in [6.45, 7) is 10.8. The lowest BCUT2D eigenvalue weighted by molar-refractivity contribution is 0.0977. The van der Waals surface area contributed by atoms with Crippen LogP contribution >= 0.6 is 15.9 Å². The van der Waals surface area contributed by atoms with Gasteiger partial charge in [-0.25, -0.2) is 4.99 Å². The molecule has 6 nitrogen and oxygen atoms in total. The third kappa shape index (κ3) is 5.85. The Kier molecular flexibility index (Phi) is 7.19. The molecule has 3 rings (SSSR count). The number of nitrogens with one attached hydrogen (secondary N) is 2. The van der Waals surface area contributed by atoms with Gasteiger partial charge in [-0.3, -0.25) is 14.8 Å². The summed E-state index contributed by atoms with van der Waals surface area (Å²) in [5, 5.41) is 10.6. The Morgan fingerprint density at radius 2 is 1.69 bits per heavy atom. The molecule has 168 valence electrons. The highest BCUT2D eigenvalue weighted by Gasteiger charge is 2.16. The molecule has 0 atom stereocenters. The van der Waals surface area contributed by atoms with Gasteiger partial charge in [0, 0.05) is 34.0 Å². The third-order valence-corrected chi connectivity index (χ3v) is 5.93. The summed E-state index contributed by atoms with van der Waals surface area (Å²) < 4.78 is 2.82. The number of anilines is 1. The molecule has 0 fully saturated rings. The van der Waals surface area contributed by atoms with E-state index >= 15 is 0 Å². The molecule has 0 saturated heterocycles. The number of aryl methyl sites for hydroxylation is 2. The van der Waals surface area contributed by atoms with Gasteiger partial charge in [-0.1, -0.05) is 48.8 Å². The third-order valence-electron chi connectivity index (χ3n) is 5.41. The number of nitrogens with zero attached hydrogens (tertiary/aromatic N) is 3. The lowest BCUT2D eigenvalue weighted by Crippen LogP contribution is -2.36. The number of rotatable bonds is 4. The fraction of sp³-hybridized carbons (Fsp3) is 0.320. The molecule has 2 aromatic carbocycles. The van der Waals surface area contributed by atoms with Gasteiger partial charge in [0.2, 0.25) is 5.96 Å². The summed E-state index contributed by atoms with van der Waals surface area (Å²) in [6.07, 6.45) is 0. The van der Waals surface area contributed by atoms with Crippen molar-refractivity contribution in [3.63, 3.8) is 0 Å². The number of halogens is 1. The Bertz CT molecular complexity index is 1120. The number of hydrogen-bond acceptors (Lipinski definition) is 3. The van der Waals surface area contributed by atoms with E-state index in [1.165, 1.54) is 5.56 Å². The Hall–Kier alpha value is -2.93. The normalized spacial score (nSPS) is 12.0. The van der Waals surface area contributed by atoms with Crippen molar-refractivity contribution in [2.75, 3.05) is 5.32 Å². The van der Waals surface area contributed by atoms with E-state index in [0.29, 0.717) is 18.1 Å². The number of amides is 1. The van der Waals surface area contributed by atoms with Gasteiger partial charge in [0.1, 0.15) is 0 Å². The largest absolute Gasteiger partial charge is 0.326 e. The molecule has 1 heterocycles. The summed E-state index contributed by atoms with van der Waals surface area (Å²) >= 11 is 3.44. The van der Waals surface area contributed by atoms with Crippen molar-refractivity contribution in [3.05, 3.63) is 81.1 Å². The van der Waals surface area contributed by atoms with Crippen LogP contribution in [-0.4, -0.2) is 21.6 Å². The predicted octanol–water partition coefficient (Wildman–Crippen LogP) is 5.50. The Labute approximate surface area is 198 Å². The zero-order valence-electron chi connectivity index (χ0n) is 19.5. The van der Waals surface area contributed by atoms with Crippen molar-refractivity contribution < 1.29 is 4.79 Å². The predicted molar refractivity (Wildman–Crippen MR) is 134 cm³/mol. The summed E-state index contributed by atoms with van der Waals surface area (Å²) in [5.74, 6) is 0.174. The first-order valence-corrected chi connectivity index (χ1v) is 11.3. The number of guanidine groups is 1. The first-order valence-electron chi connectivity index (χ1n) is 10.5. The van der Waals surface area contributed by atoms with E-state index in [0.717, 1.165) is 27.1 Å². The highest BCUT2D eigenvalue weighted by molar-refractivity contribution is 9.10. The molecule has 32 heavy (non-hydrogen) atoms. The molecule has 0 aliphatic heterocycles. The number of carbonyl (C=O) groups is 1. The van der Waals surface area contributed by atoms with Gasteiger partial charge in [-0.15, -0.1) is 0 Å². The van der Waals surface area contributed by atoms with Crippen molar-refractivity contribution in [2.24, 2.45) is 12.0 Å². The van der Waals surface area contributed by atoms with Gasteiger partial charge in [-0.05, 0) is 61.2 Å². The second-order valence-electron chi connectivity index (χ2n) is 8.85. The van der Waals surface area contributed by atoms with Gasteiger partial charge in [-0.2, -0.15) is 5.10 Å². The molecule has 1 aromatic heterocycles. The van der Waals surface area contributed by atoms with Crippen LogP contribution in [0, 0.1) is 13.8 Å². The standard InChI is InChI=1S/C25H30BrN5O/c1-16-22(17(2)31(6)30-16)15-27-24(28-21-13-11-20(26)12-14-21)29-23(32)18-7-9-19(10-8-18)25(3,4)5/h7-14H,15H2,1-6H3,(H2,27,28,29,32). The second kappa shape index (κ2) is 9.69. The highest BCUT2D eigenvalue weighted by Crippen LogP contribution is 2.22. The van der Waals surface area contributed by atoms with Crippen LogP contribution in [0.5, 0.6) is 0 Å². The monoisotopic (exact) mass is 495 g/mol. The fourth-order valence-corrected chi connectivity index (χ4v) is 3.55. The molecule has 0 spiro atoms. The minimum absolute atomic E-state index is 0.0319. The van der Waals surface area contributed by atoms with Crippen molar-refractivity contribution in [3.8, 4) is 0 Å². The number of carbonyl (C=O) groups excluding carboxylic acids is 1. The lowest BCUT2D eigenvalue weighted by Gasteiger charge is -2.19. The minimum atomic E-state index is -0.214. The minimum Gasteiger partial charge on any atom is -0.326 e. The maximum atomic E-state index is 13.0. The van der Waals surface area contributed by atoms with E-state index in [-0.39, 0.29) is 11.3 Å².